The van der Waals surface area contributed by atoms with Crippen LogP contribution in [0.2, 0.25) is 0 Å². The molecule has 2 unspecified atom stereocenters. The van der Waals surface area contributed by atoms with Crippen molar-refractivity contribution in [1.29, 1.82) is 0 Å². The van der Waals surface area contributed by atoms with Gasteiger partial charge >= 0.3 is 0 Å². The van der Waals surface area contributed by atoms with Crippen molar-refractivity contribution in [3.63, 3.8) is 0 Å². The van der Waals surface area contributed by atoms with Crippen molar-refractivity contribution in [2.75, 3.05) is 0 Å². The van der Waals surface area contributed by atoms with E-state index in [4.69, 9.17) is 19.4 Å². The Kier molecular flexibility index (Phi) is 6.45. The van der Waals surface area contributed by atoms with Crippen LogP contribution in [-0.2, 0) is 0 Å². The van der Waals surface area contributed by atoms with Gasteiger partial charge < -0.3 is 4.42 Å². The molecule has 6 aromatic carbocycles. The molecule has 0 saturated carbocycles. The number of aromatic nitrogens is 3. The fourth-order valence-corrected chi connectivity index (χ4v) is 10.4. The minimum Gasteiger partial charge on any atom is -0.456 e. The lowest BCUT2D eigenvalue weighted by Gasteiger charge is -2.15. The van der Waals surface area contributed by atoms with Crippen LogP contribution < -0.4 is 0 Å². The maximum Gasteiger partial charge on any atom is 0.165 e. The number of para-hydroxylation sites is 1. The van der Waals surface area contributed by atoms with E-state index in [-0.39, 0.29) is 0 Å². The van der Waals surface area contributed by atoms with Crippen molar-refractivity contribution in [2.24, 2.45) is 0 Å². The first kappa shape index (κ1) is 29.0. The van der Waals surface area contributed by atoms with Crippen LogP contribution in [0.5, 0.6) is 0 Å². The highest BCUT2D eigenvalue weighted by Crippen LogP contribution is 2.52. The van der Waals surface area contributed by atoms with Crippen molar-refractivity contribution in [3.8, 4) is 45.3 Å². The van der Waals surface area contributed by atoms with Crippen LogP contribution in [0, 0.1) is 0 Å². The van der Waals surface area contributed by atoms with Gasteiger partial charge in [-0.1, -0.05) is 121 Å². The highest BCUT2D eigenvalue weighted by Gasteiger charge is 2.34. The predicted molar refractivity (Wildman–Crippen MR) is 212 cm³/mol. The molecule has 240 valence electrons. The number of hydrogen-bond donors (Lipinski definition) is 0. The minimum absolute atomic E-state index is 0.337. The molecule has 0 fully saturated rings. The van der Waals surface area contributed by atoms with Gasteiger partial charge in [0.05, 0.1) is 0 Å². The number of nitrogens with zero attached hydrogens (tertiary/aromatic N) is 3. The Bertz CT molecular complexity index is 2920. The summed E-state index contributed by atoms with van der Waals surface area (Å²) in [6.07, 6.45) is 8.93. The fourth-order valence-electron chi connectivity index (χ4n) is 7.84. The van der Waals surface area contributed by atoms with E-state index in [1.54, 1.807) is 0 Å². The van der Waals surface area contributed by atoms with Gasteiger partial charge in [0.2, 0.25) is 0 Å². The minimum atomic E-state index is 0.337. The lowest BCUT2D eigenvalue weighted by atomic mass is 9.91. The van der Waals surface area contributed by atoms with E-state index in [9.17, 15) is 0 Å². The Labute approximate surface area is 301 Å². The third kappa shape index (κ3) is 4.50. The summed E-state index contributed by atoms with van der Waals surface area (Å²) in [4.78, 5) is 17.2. The Morgan fingerprint density at radius 1 is 0.510 bits per heavy atom. The average Bonchev–Trinajstić information content (AvgIpc) is 3.89. The summed E-state index contributed by atoms with van der Waals surface area (Å²) < 4.78 is 9.03. The van der Waals surface area contributed by atoms with Crippen molar-refractivity contribution in [2.45, 2.75) is 16.1 Å². The van der Waals surface area contributed by atoms with Gasteiger partial charge in [-0.25, -0.2) is 15.0 Å². The van der Waals surface area contributed by atoms with Gasteiger partial charge in [-0.15, -0.1) is 23.1 Å². The summed E-state index contributed by atoms with van der Waals surface area (Å²) in [5, 5.41) is 4.89. The number of hydrogen-bond acceptors (Lipinski definition) is 6. The molecule has 1 aliphatic heterocycles. The predicted octanol–water partition coefficient (Wildman–Crippen LogP) is 12.5. The smallest absolute Gasteiger partial charge is 0.165 e. The summed E-state index contributed by atoms with van der Waals surface area (Å²) in [5.74, 6) is 2.27. The molecule has 0 bridgehead atoms. The summed E-state index contributed by atoms with van der Waals surface area (Å²) in [6.45, 7) is 0. The molecule has 4 heterocycles. The fraction of sp³-hybridized carbons (Fsp3) is 0.0444. The molecule has 0 spiro atoms. The van der Waals surface area contributed by atoms with Gasteiger partial charge in [-0.2, -0.15) is 0 Å². The van der Waals surface area contributed by atoms with E-state index in [0.717, 1.165) is 49.8 Å². The zero-order valence-corrected chi connectivity index (χ0v) is 28.8. The second kappa shape index (κ2) is 11.4. The van der Waals surface area contributed by atoms with E-state index in [0.29, 0.717) is 28.6 Å². The molecule has 51 heavy (non-hydrogen) atoms. The zero-order chi connectivity index (χ0) is 33.5. The van der Waals surface area contributed by atoms with Crippen LogP contribution in [0.25, 0.3) is 87.4 Å². The summed E-state index contributed by atoms with van der Waals surface area (Å²) >= 11 is 3.73. The Morgan fingerprint density at radius 2 is 1.25 bits per heavy atom. The lowest BCUT2D eigenvalue weighted by Crippen LogP contribution is -2.06. The maximum atomic E-state index is 6.51. The Morgan fingerprint density at radius 3 is 2.20 bits per heavy atom. The van der Waals surface area contributed by atoms with Crippen LogP contribution in [0.3, 0.4) is 0 Å². The first-order chi connectivity index (χ1) is 25.3. The normalized spacial score (nSPS) is 16.4. The number of fused-ring (bicyclic) bond motifs is 9. The third-order valence-corrected chi connectivity index (χ3v) is 12.7. The molecule has 0 radical (unpaired) electrons. The van der Waals surface area contributed by atoms with Crippen molar-refractivity contribution >= 4 is 65.2 Å². The largest absolute Gasteiger partial charge is 0.456 e. The van der Waals surface area contributed by atoms with E-state index in [1.807, 2.05) is 53.4 Å². The number of rotatable bonds is 4. The molecule has 11 rings (SSSR count). The number of furan rings is 1. The van der Waals surface area contributed by atoms with Gasteiger partial charge in [-0.05, 0) is 47.0 Å². The van der Waals surface area contributed by atoms with Crippen molar-refractivity contribution in [1.82, 2.24) is 15.0 Å². The molecule has 1 aliphatic carbocycles. The van der Waals surface area contributed by atoms with Gasteiger partial charge in [0.1, 0.15) is 11.2 Å². The number of allylic oxidation sites excluding steroid dienone is 3. The van der Waals surface area contributed by atoms with Gasteiger partial charge in [0.25, 0.3) is 0 Å². The molecule has 4 nitrogen and oxygen atoms in total. The Balaban J connectivity index is 1.25. The van der Waals surface area contributed by atoms with E-state index in [2.05, 4.69) is 121 Å². The zero-order valence-electron chi connectivity index (χ0n) is 27.2. The van der Waals surface area contributed by atoms with Gasteiger partial charge in [0.15, 0.2) is 17.5 Å². The monoisotopic (exact) mass is 689 g/mol. The van der Waals surface area contributed by atoms with Crippen LogP contribution in [-0.4, -0.2) is 20.2 Å². The molecule has 0 saturated heterocycles. The molecule has 0 amide bonds. The van der Waals surface area contributed by atoms with E-state index >= 15 is 0 Å². The number of thiophene rings is 1. The van der Waals surface area contributed by atoms with Crippen molar-refractivity contribution in [3.05, 3.63) is 157 Å². The standard InChI is InChI=1S/C45H27N3OS2/c1-2-12-26(13-3-1)43-46-44(33-19-10-18-30-27-14-5-8-21-36(27)51-42(30)33)48-45(47-43)41-29(24-25-35-40(41)31-15-4-7-20-34(31)49-35)28-17-11-23-38-39(28)32-16-6-9-22-37(32)50-38/h1-25,27,36H. The second-order valence-electron chi connectivity index (χ2n) is 13.0. The SMILES string of the molecule is C1=CC2Sc3c(-c4nc(-c5ccccc5)nc(-c5c(-c6cccc7sc8ccccc8c67)ccc6oc7ccccc7c56)n4)cccc3C2C=C1. The van der Waals surface area contributed by atoms with E-state index in [1.165, 1.54) is 30.6 Å². The van der Waals surface area contributed by atoms with Gasteiger partial charge in [0, 0.05) is 63.7 Å². The molecule has 9 aromatic rings. The second-order valence-corrected chi connectivity index (χ2v) is 15.3. The van der Waals surface area contributed by atoms with Crippen LogP contribution in [0.1, 0.15) is 11.5 Å². The highest BCUT2D eigenvalue weighted by molar-refractivity contribution is 8.00. The Hall–Kier alpha value is -5.82. The first-order valence-corrected chi connectivity index (χ1v) is 18.8. The summed E-state index contributed by atoms with van der Waals surface area (Å²) in [7, 11) is 0. The summed E-state index contributed by atoms with van der Waals surface area (Å²) in [6, 6.07) is 44.7. The quantitative estimate of drug-likeness (QED) is 0.184. The first-order valence-electron chi connectivity index (χ1n) is 17.1. The molecule has 6 heteroatoms. The maximum absolute atomic E-state index is 6.51. The highest BCUT2D eigenvalue weighted by atomic mass is 32.2. The number of thioether (sulfide) groups is 1. The molecule has 3 aromatic heterocycles. The lowest BCUT2D eigenvalue weighted by molar-refractivity contribution is 0.669. The third-order valence-electron chi connectivity index (χ3n) is 10.1. The van der Waals surface area contributed by atoms with Crippen LogP contribution in [0.4, 0.5) is 0 Å². The average molecular weight is 690 g/mol. The van der Waals surface area contributed by atoms with Crippen molar-refractivity contribution < 1.29 is 4.42 Å². The van der Waals surface area contributed by atoms with E-state index < -0.39 is 0 Å². The molecular weight excluding hydrogens is 663 g/mol. The molecular formula is C45H27N3OS2. The van der Waals surface area contributed by atoms with Crippen LogP contribution in [0.15, 0.2) is 161 Å². The number of benzene rings is 6. The molecule has 2 atom stereocenters. The topological polar surface area (TPSA) is 51.8 Å². The van der Waals surface area contributed by atoms with Gasteiger partial charge in [-0.3, -0.25) is 0 Å². The van der Waals surface area contributed by atoms with Crippen LogP contribution >= 0.6 is 23.1 Å². The summed E-state index contributed by atoms with van der Waals surface area (Å²) in [5.41, 5.74) is 8.10. The molecule has 0 N–H and O–H groups in total. The molecule has 2 aliphatic rings.